The molecule has 0 unspecified atom stereocenters. The van der Waals surface area contributed by atoms with Crippen molar-refractivity contribution in [2.75, 3.05) is 11.9 Å². The summed E-state index contributed by atoms with van der Waals surface area (Å²) in [6.45, 7) is -0.384. The number of nitrogens with one attached hydrogen (secondary N) is 1. The molecule has 118 valence electrons. The van der Waals surface area contributed by atoms with Gasteiger partial charge in [0.1, 0.15) is 5.82 Å². The van der Waals surface area contributed by atoms with Crippen molar-refractivity contribution in [1.82, 2.24) is 14.4 Å². The Morgan fingerprint density at radius 3 is 3.00 bits per heavy atom. The lowest BCUT2D eigenvalue weighted by Gasteiger charge is -2.05. The number of imidazole rings is 1. The van der Waals surface area contributed by atoms with Gasteiger partial charge in [-0.05, 0) is 12.1 Å². The van der Waals surface area contributed by atoms with Gasteiger partial charge in [-0.2, -0.15) is 0 Å². The molecule has 3 aromatic heterocycles. The predicted octanol–water partition coefficient (Wildman–Crippen LogP) is 2.17. The summed E-state index contributed by atoms with van der Waals surface area (Å²) in [7, 11) is 0. The van der Waals surface area contributed by atoms with Crippen molar-refractivity contribution in [2.45, 2.75) is 6.42 Å². The van der Waals surface area contributed by atoms with Crippen molar-refractivity contribution < 1.29 is 14.3 Å². The maximum Gasteiger partial charge on any atom is 0.312 e. The normalized spacial score (nSPS) is 10.7. The van der Waals surface area contributed by atoms with Gasteiger partial charge in [0.2, 0.25) is 0 Å². The maximum absolute atomic E-state index is 11.7. The molecule has 1 amide bonds. The van der Waals surface area contributed by atoms with E-state index in [0.717, 1.165) is 4.96 Å². The molecule has 0 spiro atoms. The molecule has 23 heavy (non-hydrogen) atoms. The first-order valence-electron chi connectivity index (χ1n) is 6.58. The third-order valence-corrected chi connectivity index (χ3v) is 3.82. The molecule has 7 nitrogen and oxygen atoms in total. The van der Waals surface area contributed by atoms with E-state index in [0.29, 0.717) is 16.5 Å². The quantitative estimate of drug-likeness (QED) is 0.713. The number of hydrogen-bond acceptors (Lipinski definition) is 6. The molecule has 0 bridgehead atoms. The van der Waals surface area contributed by atoms with Crippen LogP contribution < -0.4 is 5.32 Å². The number of anilines is 1. The number of esters is 1. The Hall–Kier alpha value is -2.45. The molecule has 0 saturated carbocycles. The summed E-state index contributed by atoms with van der Waals surface area (Å²) in [6, 6.07) is 3.15. The predicted molar refractivity (Wildman–Crippen MR) is 85.6 cm³/mol. The van der Waals surface area contributed by atoms with Crippen molar-refractivity contribution in [3.05, 3.63) is 46.8 Å². The molecule has 0 radical (unpaired) electrons. The van der Waals surface area contributed by atoms with Gasteiger partial charge in [-0.25, -0.2) is 9.97 Å². The molecule has 0 aliphatic carbocycles. The number of halogens is 1. The molecule has 0 aliphatic rings. The van der Waals surface area contributed by atoms with Crippen LogP contribution in [0, 0.1) is 0 Å². The maximum atomic E-state index is 11.7. The van der Waals surface area contributed by atoms with E-state index < -0.39 is 11.9 Å². The smallest absolute Gasteiger partial charge is 0.312 e. The zero-order valence-electron chi connectivity index (χ0n) is 11.7. The fraction of sp³-hybridized carbons (Fsp3) is 0.143. The first-order chi connectivity index (χ1) is 11.1. The third-order valence-electron chi connectivity index (χ3n) is 2.83. The van der Waals surface area contributed by atoms with Gasteiger partial charge in [-0.15, -0.1) is 11.3 Å². The fourth-order valence-electron chi connectivity index (χ4n) is 1.83. The summed E-state index contributed by atoms with van der Waals surface area (Å²) in [5, 5.41) is 4.87. The topological polar surface area (TPSA) is 85.6 Å². The largest absolute Gasteiger partial charge is 0.455 e. The third kappa shape index (κ3) is 4.05. The Kier molecular flexibility index (Phi) is 4.54. The summed E-state index contributed by atoms with van der Waals surface area (Å²) < 4.78 is 6.75. The zero-order chi connectivity index (χ0) is 16.2. The first kappa shape index (κ1) is 15.4. The molecule has 0 fully saturated rings. The summed E-state index contributed by atoms with van der Waals surface area (Å²) in [5.41, 5.74) is 0.599. The molecule has 3 rings (SSSR count). The van der Waals surface area contributed by atoms with Gasteiger partial charge in [0.05, 0.1) is 17.1 Å². The van der Waals surface area contributed by atoms with Crippen molar-refractivity contribution in [3.8, 4) is 0 Å². The van der Waals surface area contributed by atoms with E-state index >= 15 is 0 Å². The number of carbonyl (C=O) groups is 2. The number of fused-ring (bicyclic) bond motifs is 1. The number of thiazole rings is 1. The summed E-state index contributed by atoms with van der Waals surface area (Å²) >= 11 is 7.17. The lowest BCUT2D eigenvalue weighted by Crippen LogP contribution is -2.22. The van der Waals surface area contributed by atoms with E-state index in [-0.39, 0.29) is 13.0 Å². The van der Waals surface area contributed by atoms with E-state index in [9.17, 15) is 9.59 Å². The number of rotatable bonds is 5. The van der Waals surface area contributed by atoms with Crippen LogP contribution in [0.15, 0.2) is 36.1 Å². The fourth-order valence-corrected chi connectivity index (χ4v) is 2.67. The van der Waals surface area contributed by atoms with Crippen molar-refractivity contribution in [2.24, 2.45) is 0 Å². The molecule has 0 atom stereocenters. The zero-order valence-corrected chi connectivity index (χ0v) is 13.3. The molecule has 3 aromatic rings. The van der Waals surface area contributed by atoms with Gasteiger partial charge >= 0.3 is 5.97 Å². The number of pyridine rings is 1. The number of aromatic nitrogens is 3. The van der Waals surface area contributed by atoms with Gasteiger partial charge < -0.3 is 10.1 Å². The van der Waals surface area contributed by atoms with Crippen molar-refractivity contribution in [3.63, 3.8) is 0 Å². The van der Waals surface area contributed by atoms with Crippen LogP contribution in [0.2, 0.25) is 5.02 Å². The summed E-state index contributed by atoms with van der Waals surface area (Å²) in [6.07, 6.45) is 5.04. The standard InChI is InChI=1S/C14H11ClN4O3S/c15-9-1-2-11(16-6-9)18-12(20)8-22-13(21)5-10-7-19-3-4-23-14(19)17-10/h1-4,6-7H,5,8H2,(H,16,18,20). The van der Waals surface area contributed by atoms with Gasteiger partial charge in [-0.3, -0.25) is 14.0 Å². The van der Waals surface area contributed by atoms with Gasteiger partial charge in [0, 0.05) is 24.0 Å². The average Bonchev–Trinajstić information content (AvgIpc) is 3.09. The molecular formula is C14H11ClN4O3S. The highest BCUT2D eigenvalue weighted by Gasteiger charge is 2.12. The Morgan fingerprint density at radius 1 is 1.39 bits per heavy atom. The minimum absolute atomic E-state index is 0.0148. The molecule has 9 heteroatoms. The Labute approximate surface area is 139 Å². The lowest BCUT2D eigenvalue weighted by molar-refractivity contribution is -0.146. The van der Waals surface area contributed by atoms with Crippen LogP contribution in [0.5, 0.6) is 0 Å². The highest BCUT2D eigenvalue weighted by atomic mass is 35.5. The van der Waals surface area contributed by atoms with Crippen LogP contribution in [0.1, 0.15) is 5.69 Å². The van der Waals surface area contributed by atoms with Crippen LogP contribution in [0.3, 0.4) is 0 Å². The second-order valence-corrected chi connectivity index (χ2v) is 5.88. The lowest BCUT2D eigenvalue weighted by atomic mass is 10.3. The number of ether oxygens (including phenoxy) is 1. The molecule has 1 N–H and O–H groups in total. The highest BCUT2D eigenvalue weighted by Crippen LogP contribution is 2.12. The monoisotopic (exact) mass is 350 g/mol. The Balaban J connectivity index is 1.47. The molecular weight excluding hydrogens is 340 g/mol. The van der Waals surface area contributed by atoms with Crippen LogP contribution in [-0.2, 0) is 20.7 Å². The van der Waals surface area contributed by atoms with Crippen LogP contribution in [0.4, 0.5) is 5.82 Å². The second-order valence-electron chi connectivity index (χ2n) is 4.57. The Morgan fingerprint density at radius 2 is 2.26 bits per heavy atom. The van der Waals surface area contributed by atoms with E-state index in [1.165, 1.54) is 17.5 Å². The van der Waals surface area contributed by atoms with E-state index in [1.54, 1.807) is 18.3 Å². The minimum atomic E-state index is -0.519. The molecule has 0 saturated heterocycles. The summed E-state index contributed by atoms with van der Waals surface area (Å²) in [4.78, 5) is 32.4. The minimum Gasteiger partial charge on any atom is -0.455 e. The molecule has 0 aliphatic heterocycles. The van der Waals surface area contributed by atoms with Crippen LogP contribution in [-0.4, -0.2) is 32.9 Å². The van der Waals surface area contributed by atoms with Gasteiger partial charge in [0.15, 0.2) is 11.6 Å². The van der Waals surface area contributed by atoms with Gasteiger partial charge in [0.25, 0.3) is 5.91 Å². The van der Waals surface area contributed by atoms with E-state index in [2.05, 4.69) is 15.3 Å². The highest BCUT2D eigenvalue weighted by molar-refractivity contribution is 7.15. The van der Waals surface area contributed by atoms with Crippen molar-refractivity contribution in [1.29, 1.82) is 0 Å². The number of amides is 1. The first-order valence-corrected chi connectivity index (χ1v) is 7.84. The molecule has 0 aromatic carbocycles. The van der Waals surface area contributed by atoms with E-state index in [4.69, 9.17) is 16.3 Å². The number of carbonyl (C=O) groups excluding carboxylic acids is 2. The van der Waals surface area contributed by atoms with Gasteiger partial charge in [-0.1, -0.05) is 11.6 Å². The molecule has 3 heterocycles. The SMILES string of the molecule is O=C(COC(=O)Cc1cn2ccsc2n1)Nc1ccc(Cl)cn1. The number of hydrogen-bond donors (Lipinski definition) is 1. The van der Waals surface area contributed by atoms with E-state index in [1.807, 2.05) is 16.0 Å². The second kappa shape index (κ2) is 6.76. The van der Waals surface area contributed by atoms with Crippen LogP contribution in [0.25, 0.3) is 4.96 Å². The Bertz CT molecular complexity index is 815. The van der Waals surface area contributed by atoms with Crippen LogP contribution >= 0.6 is 22.9 Å². The summed E-state index contributed by atoms with van der Waals surface area (Å²) in [5.74, 6) is -0.654. The average molecular weight is 351 g/mol. The number of nitrogens with zero attached hydrogens (tertiary/aromatic N) is 3. The van der Waals surface area contributed by atoms with Crippen molar-refractivity contribution >= 4 is 45.6 Å².